The van der Waals surface area contributed by atoms with E-state index in [9.17, 15) is 0 Å². The van der Waals surface area contributed by atoms with Crippen LogP contribution in [0.15, 0.2) is 0 Å². The summed E-state index contributed by atoms with van der Waals surface area (Å²) in [4.78, 5) is 2.27. The van der Waals surface area contributed by atoms with E-state index in [-0.39, 0.29) is 0 Å². The third-order valence-electron chi connectivity index (χ3n) is 2.45. The SMILES string of the molecule is CCCNC(C)(C#N)CN(CC)CC. The molecule has 3 nitrogen and oxygen atoms in total. The molecule has 0 aliphatic heterocycles. The fourth-order valence-electron chi connectivity index (χ4n) is 1.43. The van der Waals surface area contributed by atoms with Gasteiger partial charge in [0.1, 0.15) is 5.54 Å². The zero-order chi connectivity index (χ0) is 11.0. The number of nitrogens with zero attached hydrogens (tertiary/aromatic N) is 2. The van der Waals surface area contributed by atoms with Crippen LogP contribution in [0, 0.1) is 11.3 Å². The Morgan fingerprint density at radius 1 is 1.29 bits per heavy atom. The normalized spacial score (nSPS) is 15.1. The van der Waals surface area contributed by atoms with Gasteiger partial charge in [0.2, 0.25) is 0 Å². The molecular weight excluding hydrogens is 174 g/mol. The molecule has 0 bridgehead atoms. The van der Waals surface area contributed by atoms with E-state index in [1.165, 1.54) is 0 Å². The zero-order valence-corrected chi connectivity index (χ0v) is 9.93. The number of rotatable bonds is 7. The van der Waals surface area contributed by atoms with Crippen molar-refractivity contribution in [1.82, 2.24) is 10.2 Å². The van der Waals surface area contributed by atoms with Gasteiger partial charge in [-0.05, 0) is 33.0 Å². The van der Waals surface area contributed by atoms with Gasteiger partial charge in [0.15, 0.2) is 0 Å². The maximum Gasteiger partial charge on any atom is 0.116 e. The van der Waals surface area contributed by atoms with Gasteiger partial charge in [-0.15, -0.1) is 0 Å². The molecular formula is C11H23N3. The summed E-state index contributed by atoms with van der Waals surface area (Å²) in [6, 6.07) is 2.36. The fourth-order valence-corrected chi connectivity index (χ4v) is 1.43. The molecule has 0 saturated carbocycles. The zero-order valence-electron chi connectivity index (χ0n) is 9.93. The highest BCUT2D eigenvalue weighted by molar-refractivity contribution is 5.05. The quantitative estimate of drug-likeness (QED) is 0.674. The molecule has 0 spiro atoms. The first kappa shape index (κ1) is 13.4. The van der Waals surface area contributed by atoms with Gasteiger partial charge < -0.3 is 4.90 Å². The van der Waals surface area contributed by atoms with Gasteiger partial charge in [-0.1, -0.05) is 20.8 Å². The van der Waals surface area contributed by atoms with Crippen molar-refractivity contribution in [3.8, 4) is 6.07 Å². The predicted octanol–water partition coefficient (Wildman–Crippen LogP) is 1.61. The van der Waals surface area contributed by atoms with Crippen LogP contribution >= 0.6 is 0 Å². The van der Waals surface area contributed by atoms with E-state index >= 15 is 0 Å². The van der Waals surface area contributed by atoms with Crippen LogP contribution in [-0.4, -0.2) is 36.6 Å². The molecule has 0 aliphatic rings. The summed E-state index contributed by atoms with van der Waals surface area (Å²) < 4.78 is 0. The third-order valence-corrected chi connectivity index (χ3v) is 2.45. The van der Waals surface area contributed by atoms with Crippen LogP contribution < -0.4 is 5.32 Å². The second-order valence-corrected chi connectivity index (χ2v) is 3.83. The van der Waals surface area contributed by atoms with Crippen molar-refractivity contribution in [1.29, 1.82) is 5.26 Å². The first-order chi connectivity index (χ1) is 6.61. The van der Waals surface area contributed by atoms with Gasteiger partial charge in [-0.25, -0.2) is 0 Å². The first-order valence-corrected chi connectivity index (χ1v) is 5.50. The molecule has 0 aliphatic carbocycles. The van der Waals surface area contributed by atoms with Crippen molar-refractivity contribution < 1.29 is 0 Å². The lowest BCUT2D eigenvalue weighted by molar-refractivity contribution is 0.239. The minimum atomic E-state index is -0.401. The molecule has 14 heavy (non-hydrogen) atoms. The second kappa shape index (κ2) is 6.80. The maximum atomic E-state index is 9.11. The molecule has 1 atom stereocenters. The van der Waals surface area contributed by atoms with Gasteiger partial charge in [0, 0.05) is 6.54 Å². The smallest absolute Gasteiger partial charge is 0.116 e. The Morgan fingerprint density at radius 3 is 2.21 bits per heavy atom. The maximum absolute atomic E-state index is 9.11. The van der Waals surface area contributed by atoms with E-state index in [1.807, 2.05) is 6.92 Å². The average Bonchev–Trinajstić information content (AvgIpc) is 2.23. The highest BCUT2D eigenvalue weighted by Crippen LogP contribution is 2.05. The van der Waals surface area contributed by atoms with Crippen LogP contribution in [0.2, 0.25) is 0 Å². The number of nitriles is 1. The van der Waals surface area contributed by atoms with E-state index < -0.39 is 5.54 Å². The molecule has 82 valence electrons. The Kier molecular flexibility index (Phi) is 6.52. The van der Waals surface area contributed by atoms with Gasteiger partial charge in [-0.3, -0.25) is 5.32 Å². The Morgan fingerprint density at radius 2 is 1.86 bits per heavy atom. The summed E-state index contributed by atoms with van der Waals surface area (Å²) in [5, 5.41) is 12.4. The lowest BCUT2D eigenvalue weighted by Crippen LogP contribution is -2.50. The average molecular weight is 197 g/mol. The van der Waals surface area contributed by atoms with Gasteiger partial charge in [0.05, 0.1) is 6.07 Å². The summed E-state index contributed by atoms with van der Waals surface area (Å²) >= 11 is 0. The predicted molar refractivity (Wildman–Crippen MR) is 60.1 cm³/mol. The lowest BCUT2D eigenvalue weighted by Gasteiger charge is -2.29. The Balaban J connectivity index is 4.17. The van der Waals surface area contributed by atoms with Gasteiger partial charge in [-0.2, -0.15) is 5.26 Å². The van der Waals surface area contributed by atoms with Crippen LogP contribution in [0.4, 0.5) is 0 Å². The number of likely N-dealkylation sites (N-methyl/N-ethyl adjacent to an activating group) is 1. The molecule has 0 rings (SSSR count). The van der Waals surface area contributed by atoms with Crippen LogP contribution in [0.5, 0.6) is 0 Å². The minimum Gasteiger partial charge on any atom is -0.301 e. The summed E-state index contributed by atoms with van der Waals surface area (Å²) in [5.74, 6) is 0. The monoisotopic (exact) mass is 197 g/mol. The van der Waals surface area contributed by atoms with Crippen molar-refractivity contribution in [3.63, 3.8) is 0 Å². The number of hydrogen-bond donors (Lipinski definition) is 1. The van der Waals surface area contributed by atoms with Crippen LogP contribution in [0.25, 0.3) is 0 Å². The minimum absolute atomic E-state index is 0.401. The molecule has 0 amide bonds. The topological polar surface area (TPSA) is 39.1 Å². The Hall–Kier alpha value is -0.590. The molecule has 1 unspecified atom stereocenters. The van der Waals surface area contributed by atoms with E-state index in [0.717, 1.165) is 32.6 Å². The van der Waals surface area contributed by atoms with E-state index in [4.69, 9.17) is 5.26 Å². The highest BCUT2D eigenvalue weighted by atomic mass is 15.2. The molecule has 0 aromatic carbocycles. The Labute approximate surface area is 88.1 Å². The lowest BCUT2D eigenvalue weighted by atomic mass is 10.0. The molecule has 0 fully saturated rings. The van der Waals surface area contributed by atoms with E-state index in [0.29, 0.717) is 0 Å². The van der Waals surface area contributed by atoms with E-state index in [1.54, 1.807) is 0 Å². The van der Waals surface area contributed by atoms with Crippen LogP contribution in [0.1, 0.15) is 34.1 Å². The van der Waals surface area contributed by atoms with Crippen molar-refractivity contribution in [2.24, 2.45) is 0 Å². The van der Waals surface area contributed by atoms with Crippen molar-refractivity contribution in [2.45, 2.75) is 39.7 Å². The highest BCUT2D eigenvalue weighted by Gasteiger charge is 2.24. The van der Waals surface area contributed by atoms with Crippen molar-refractivity contribution in [2.75, 3.05) is 26.2 Å². The van der Waals surface area contributed by atoms with Crippen molar-refractivity contribution in [3.05, 3.63) is 0 Å². The molecule has 0 radical (unpaired) electrons. The molecule has 3 heteroatoms. The first-order valence-electron chi connectivity index (χ1n) is 5.50. The molecule has 0 saturated heterocycles. The number of nitrogens with one attached hydrogen (secondary N) is 1. The summed E-state index contributed by atoms with van der Waals surface area (Å²) in [7, 11) is 0. The fraction of sp³-hybridized carbons (Fsp3) is 0.909. The van der Waals surface area contributed by atoms with Crippen molar-refractivity contribution >= 4 is 0 Å². The largest absolute Gasteiger partial charge is 0.301 e. The molecule has 0 aromatic heterocycles. The molecule has 0 heterocycles. The summed E-state index contributed by atoms with van der Waals surface area (Å²) in [6.45, 7) is 12.1. The number of hydrogen-bond acceptors (Lipinski definition) is 3. The summed E-state index contributed by atoms with van der Waals surface area (Å²) in [6.07, 6.45) is 1.06. The van der Waals surface area contributed by atoms with Crippen LogP contribution in [-0.2, 0) is 0 Å². The molecule has 0 aromatic rings. The van der Waals surface area contributed by atoms with Gasteiger partial charge in [0.25, 0.3) is 0 Å². The third kappa shape index (κ3) is 4.59. The Bertz CT molecular complexity index is 181. The van der Waals surface area contributed by atoms with Crippen LogP contribution in [0.3, 0.4) is 0 Å². The van der Waals surface area contributed by atoms with Gasteiger partial charge >= 0.3 is 0 Å². The molecule has 1 N–H and O–H groups in total. The standard InChI is InChI=1S/C11H23N3/c1-5-8-13-11(4,9-12)10-14(6-2)7-3/h13H,5-8,10H2,1-4H3. The van der Waals surface area contributed by atoms with E-state index in [2.05, 4.69) is 37.1 Å². The summed E-state index contributed by atoms with van der Waals surface area (Å²) in [5.41, 5.74) is -0.401. The second-order valence-electron chi connectivity index (χ2n) is 3.83.